The van der Waals surface area contributed by atoms with Crippen LogP contribution in [0.15, 0.2) is 24.3 Å². The second kappa shape index (κ2) is 6.73. The first-order valence-corrected chi connectivity index (χ1v) is 9.54. The van der Waals surface area contributed by atoms with E-state index in [-0.39, 0.29) is 23.9 Å². The van der Waals surface area contributed by atoms with E-state index in [2.05, 4.69) is 14.9 Å². The van der Waals surface area contributed by atoms with E-state index >= 15 is 0 Å². The lowest BCUT2D eigenvalue weighted by Crippen LogP contribution is -2.49. The Bertz CT molecular complexity index is 910. The summed E-state index contributed by atoms with van der Waals surface area (Å²) in [6.45, 7) is 4.12. The van der Waals surface area contributed by atoms with Crippen LogP contribution in [0.25, 0.3) is 0 Å². The highest BCUT2D eigenvalue weighted by Crippen LogP contribution is 2.31. The van der Waals surface area contributed by atoms with Crippen molar-refractivity contribution in [2.45, 2.75) is 38.8 Å². The van der Waals surface area contributed by atoms with Gasteiger partial charge in [0, 0.05) is 12.6 Å². The number of carbonyl (C=O) groups excluding carboxylic acids is 3. The summed E-state index contributed by atoms with van der Waals surface area (Å²) in [6.07, 6.45) is 1.01. The van der Waals surface area contributed by atoms with Crippen LogP contribution in [0, 0.1) is 13.8 Å². The summed E-state index contributed by atoms with van der Waals surface area (Å²) >= 11 is 1.05. The fourth-order valence-electron chi connectivity index (χ4n) is 3.55. The molecule has 2 aromatic rings. The van der Waals surface area contributed by atoms with Crippen LogP contribution in [0.4, 0.5) is 10.5 Å². The van der Waals surface area contributed by atoms with Crippen LogP contribution in [0.1, 0.15) is 33.8 Å². The van der Waals surface area contributed by atoms with Gasteiger partial charge in [-0.15, -0.1) is 5.10 Å². The van der Waals surface area contributed by atoms with Gasteiger partial charge >= 0.3 is 6.03 Å². The largest absolute Gasteiger partial charge is 0.348 e. The molecular weight excluding hydrogens is 366 g/mol. The minimum absolute atomic E-state index is 0.171. The van der Waals surface area contributed by atoms with Gasteiger partial charge in [0.2, 0.25) is 0 Å². The van der Waals surface area contributed by atoms with Crippen LogP contribution in [0.3, 0.4) is 0 Å². The molecule has 0 aliphatic carbocycles. The number of rotatable bonds is 3. The maximum Gasteiger partial charge on any atom is 0.332 e. The minimum Gasteiger partial charge on any atom is -0.348 e. The van der Waals surface area contributed by atoms with Gasteiger partial charge in [-0.25, -0.2) is 9.69 Å². The average molecular weight is 385 g/mol. The summed E-state index contributed by atoms with van der Waals surface area (Å²) < 4.78 is 3.78. The molecule has 4 rings (SSSR count). The molecule has 2 saturated heterocycles. The highest BCUT2D eigenvalue weighted by molar-refractivity contribution is 7.08. The normalized spacial score (nSPS) is 22.1. The van der Waals surface area contributed by atoms with Crippen molar-refractivity contribution < 1.29 is 14.4 Å². The van der Waals surface area contributed by atoms with Crippen LogP contribution < -0.4 is 10.2 Å². The molecule has 0 bridgehead atoms. The molecule has 0 spiro atoms. The highest BCUT2D eigenvalue weighted by atomic mass is 32.1. The zero-order valence-electron chi connectivity index (χ0n) is 15.0. The Hall–Kier alpha value is -2.81. The van der Waals surface area contributed by atoms with Gasteiger partial charge in [0.25, 0.3) is 11.8 Å². The van der Waals surface area contributed by atoms with Gasteiger partial charge in [-0.3, -0.25) is 9.59 Å². The molecule has 2 fully saturated rings. The van der Waals surface area contributed by atoms with Crippen molar-refractivity contribution >= 4 is 35.1 Å². The highest BCUT2D eigenvalue weighted by Gasteiger charge is 2.48. The van der Waals surface area contributed by atoms with Gasteiger partial charge in [-0.2, -0.15) is 0 Å². The topological polar surface area (TPSA) is 95.5 Å². The van der Waals surface area contributed by atoms with Crippen molar-refractivity contribution in [1.82, 2.24) is 19.8 Å². The first-order chi connectivity index (χ1) is 13.0. The molecule has 1 N–H and O–H groups in total. The third kappa shape index (κ3) is 3.08. The number of amides is 4. The van der Waals surface area contributed by atoms with Gasteiger partial charge in [-0.1, -0.05) is 22.2 Å². The molecule has 1 aromatic heterocycles. The van der Waals surface area contributed by atoms with Crippen LogP contribution >= 0.6 is 11.5 Å². The van der Waals surface area contributed by atoms with Gasteiger partial charge < -0.3 is 10.2 Å². The van der Waals surface area contributed by atoms with E-state index in [0.717, 1.165) is 17.1 Å². The number of hydrogen-bond acceptors (Lipinski definition) is 6. The molecule has 2 atom stereocenters. The zero-order valence-corrected chi connectivity index (χ0v) is 15.8. The molecule has 4 amide bonds. The maximum atomic E-state index is 12.9. The van der Waals surface area contributed by atoms with Crippen LogP contribution in [-0.4, -0.2) is 51.0 Å². The second-order valence-corrected chi connectivity index (χ2v) is 7.64. The molecule has 0 unspecified atom stereocenters. The molecule has 1 aromatic carbocycles. The predicted octanol–water partition coefficient (Wildman–Crippen LogP) is 1.88. The number of fused-ring (bicyclic) bond motifs is 1. The standard InChI is InChI=1S/C18H19N5O3S/c1-10-3-5-13(6-4-10)23-17(25)14-9-12(7-8-22(14)18(23)26)19-16(24)15-11(2)20-21-27-15/h3-6,12,14H,7-9H2,1-2H3,(H,19,24)/t12-,14+/m0/s1. The number of aryl methyl sites for hydroxylation is 2. The number of aromatic nitrogens is 2. The van der Waals surface area contributed by atoms with Crippen LogP contribution in [-0.2, 0) is 4.79 Å². The van der Waals surface area contributed by atoms with E-state index in [1.807, 2.05) is 19.1 Å². The molecule has 9 heteroatoms. The SMILES string of the molecule is Cc1ccc(N2C(=O)[C@H]3C[C@@H](NC(=O)c4snnc4C)CCN3C2=O)cc1. The summed E-state index contributed by atoms with van der Waals surface area (Å²) in [5.41, 5.74) is 2.23. The first kappa shape index (κ1) is 17.6. The van der Waals surface area contributed by atoms with Crippen LogP contribution in [0.5, 0.6) is 0 Å². The van der Waals surface area contributed by atoms with E-state index in [1.165, 1.54) is 4.90 Å². The molecule has 3 heterocycles. The monoisotopic (exact) mass is 385 g/mol. The summed E-state index contributed by atoms with van der Waals surface area (Å²) in [5, 5.41) is 6.80. The second-order valence-electron chi connectivity index (χ2n) is 6.88. The quantitative estimate of drug-likeness (QED) is 0.814. The molecule has 0 radical (unpaired) electrons. The lowest BCUT2D eigenvalue weighted by molar-refractivity contribution is -0.120. The Morgan fingerprint density at radius 1 is 1.22 bits per heavy atom. The molecule has 8 nitrogen and oxygen atoms in total. The Morgan fingerprint density at radius 3 is 2.63 bits per heavy atom. The lowest BCUT2D eigenvalue weighted by atomic mass is 9.98. The van der Waals surface area contributed by atoms with Crippen molar-refractivity contribution in [2.75, 3.05) is 11.4 Å². The number of nitrogens with one attached hydrogen (secondary N) is 1. The number of benzene rings is 1. The lowest BCUT2D eigenvalue weighted by Gasteiger charge is -2.32. The van der Waals surface area contributed by atoms with E-state index in [1.54, 1.807) is 24.0 Å². The minimum atomic E-state index is -0.543. The van der Waals surface area contributed by atoms with Crippen molar-refractivity contribution in [2.24, 2.45) is 0 Å². The smallest absolute Gasteiger partial charge is 0.332 e. The fourth-order valence-corrected chi connectivity index (χ4v) is 4.11. The van der Waals surface area contributed by atoms with Gasteiger partial charge in [0.1, 0.15) is 10.9 Å². The summed E-state index contributed by atoms with van der Waals surface area (Å²) in [5.74, 6) is -0.466. The van der Waals surface area contributed by atoms with Gasteiger partial charge in [-0.05, 0) is 50.4 Å². The predicted molar refractivity (Wildman–Crippen MR) is 99.7 cm³/mol. The Labute approximate surface area is 160 Å². The number of hydrogen-bond donors (Lipinski definition) is 1. The van der Waals surface area contributed by atoms with Crippen molar-refractivity contribution in [1.29, 1.82) is 0 Å². The molecule has 0 saturated carbocycles. The average Bonchev–Trinajstić information content (AvgIpc) is 3.18. The number of urea groups is 1. The van der Waals surface area contributed by atoms with Crippen molar-refractivity contribution in [3.8, 4) is 0 Å². The van der Waals surface area contributed by atoms with E-state index in [4.69, 9.17) is 0 Å². The molecule has 2 aliphatic rings. The summed E-state index contributed by atoms with van der Waals surface area (Å²) in [6, 6.07) is 6.31. The van der Waals surface area contributed by atoms with Crippen LogP contribution in [0.2, 0.25) is 0 Å². The number of piperidine rings is 1. The Kier molecular flexibility index (Phi) is 4.39. The third-order valence-corrected chi connectivity index (χ3v) is 5.86. The third-order valence-electron chi connectivity index (χ3n) is 5.03. The fraction of sp³-hybridized carbons (Fsp3) is 0.389. The Morgan fingerprint density at radius 2 is 1.96 bits per heavy atom. The number of nitrogens with zero attached hydrogens (tertiary/aromatic N) is 4. The molecular formula is C18H19N5O3S. The summed E-state index contributed by atoms with van der Waals surface area (Å²) in [7, 11) is 0. The first-order valence-electron chi connectivity index (χ1n) is 8.76. The van der Waals surface area contributed by atoms with Gasteiger partial charge in [0.05, 0.1) is 11.4 Å². The number of imide groups is 1. The van der Waals surface area contributed by atoms with E-state index in [0.29, 0.717) is 35.6 Å². The molecule has 27 heavy (non-hydrogen) atoms. The molecule has 140 valence electrons. The van der Waals surface area contributed by atoms with E-state index < -0.39 is 6.04 Å². The van der Waals surface area contributed by atoms with E-state index in [9.17, 15) is 14.4 Å². The van der Waals surface area contributed by atoms with Crippen molar-refractivity contribution in [3.05, 3.63) is 40.4 Å². The van der Waals surface area contributed by atoms with Gasteiger partial charge in [0.15, 0.2) is 0 Å². The zero-order chi connectivity index (χ0) is 19.1. The van der Waals surface area contributed by atoms with Crippen molar-refractivity contribution in [3.63, 3.8) is 0 Å². The molecule has 2 aliphatic heterocycles. The number of carbonyl (C=O) groups is 3. The number of anilines is 1. The Balaban J connectivity index is 1.49. The summed E-state index contributed by atoms with van der Waals surface area (Å²) in [4.78, 5) is 41.3. The maximum absolute atomic E-state index is 12.9.